The molecule has 4 heteroatoms. The van der Waals surface area contributed by atoms with Gasteiger partial charge in [0.15, 0.2) is 0 Å². The van der Waals surface area contributed by atoms with Crippen LogP contribution in [0.2, 0.25) is 0 Å². The van der Waals surface area contributed by atoms with Crippen molar-refractivity contribution in [3.8, 4) is 5.75 Å². The maximum atomic E-state index is 12.4. The summed E-state index contributed by atoms with van der Waals surface area (Å²) >= 11 is 0. The minimum absolute atomic E-state index is 0.407. The van der Waals surface area contributed by atoms with Gasteiger partial charge in [-0.1, -0.05) is 84.9 Å². The summed E-state index contributed by atoms with van der Waals surface area (Å²) in [5.74, 6) is -0.00796. The van der Waals surface area contributed by atoms with E-state index in [1.165, 1.54) is 5.56 Å². The molecule has 0 aliphatic carbocycles. The fourth-order valence-electron chi connectivity index (χ4n) is 4.95. The number of benzene rings is 4. The molecule has 0 unspecified atom stereocenters. The van der Waals surface area contributed by atoms with E-state index in [9.17, 15) is 9.90 Å². The Bertz CT molecular complexity index is 1450. The van der Waals surface area contributed by atoms with Gasteiger partial charge in [0.2, 0.25) is 0 Å². The second-order valence-electron chi connectivity index (χ2n) is 8.82. The molecule has 0 saturated heterocycles. The van der Waals surface area contributed by atoms with Crippen molar-refractivity contribution in [2.75, 3.05) is 6.61 Å². The Morgan fingerprint density at radius 3 is 2.29 bits per heavy atom. The van der Waals surface area contributed by atoms with Crippen LogP contribution in [-0.4, -0.2) is 22.2 Å². The normalized spacial score (nSPS) is 11.2. The van der Waals surface area contributed by atoms with E-state index in [1.807, 2.05) is 71.3 Å². The van der Waals surface area contributed by atoms with Crippen LogP contribution in [0.15, 0.2) is 97.1 Å². The van der Waals surface area contributed by atoms with Crippen LogP contribution < -0.4 is 4.74 Å². The number of aromatic carboxylic acids is 1. The summed E-state index contributed by atoms with van der Waals surface area (Å²) in [5.41, 5.74) is 3.59. The first-order valence-electron chi connectivity index (χ1n) is 12.2. The molecule has 0 atom stereocenters. The predicted molar refractivity (Wildman–Crippen MR) is 141 cm³/mol. The number of ether oxygens (including phenoxy) is 1. The lowest BCUT2D eigenvalue weighted by Crippen LogP contribution is -2.13. The average molecular weight is 464 g/mol. The molecule has 0 fully saturated rings. The molecule has 176 valence electrons. The Hall–Kier alpha value is -4.05. The van der Waals surface area contributed by atoms with Gasteiger partial charge in [0.05, 0.1) is 6.61 Å². The zero-order valence-electron chi connectivity index (χ0n) is 19.7. The highest BCUT2D eigenvalue weighted by atomic mass is 16.5. The number of hydrogen-bond acceptors (Lipinski definition) is 2. The highest BCUT2D eigenvalue weighted by molar-refractivity contribution is 5.98. The van der Waals surface area contributed by atoms with Gasteiger partial charge in [-0.15, -0.1) is 0 Å². The van der Waals surface area contributed by atoms with Crippen LogP contribution in [-0.2, 0) is 19.4 Å². The minimum Gasteiger partial charge on any atom is -0.493 e. The van der Waals surface area contributed by atoms with E-state index in [-0.39, 0.29) is 0 Å². The Kier molecular flexibility index (Phi) is 6.80. The summed E-state index contributed by atoms with van der Waals surface area (Å²) < 4.78 is 8.07. The standard InChI is InChI=1S/C31H29NO3/c33-31(34)30-27(18-8-13-23-11-2-1-3-12-23)26-17-6-7-19-28(26)32(30)21-10-22-35-29-20-9-15-24-14-4-5-16-25(24)29/h1-7,9,11-12,14-17,19-20H,8,10,13,18,21-22H2,(H,33,34). The van der Waals surface area contributed by atoms with Crippen molar-refractivity contribution in [2.24, 2.45) is 0 Å². The molecule has 0 saturated carbocycles. The van der Waals surface area contributed by atoms with Crippen molar-refractivity contribution < 1.29 is 14.6 Å². The molecule has 0 radical (unpaired) electrons. The number of rotatable bonds is 10. The molecule has 1 aromatic heterocycles. The molecule has 0 spiro atoms. The highest BCUT2D eigenvalue weighted by Gasteiger charge is 2.21. The Morgan fingerprint density at radius 1 is 0.743 bits per heavy atom. The molecule has 0 bridgehead atoms. The van der Waals surface area contributed by atoms with Crippen LogP contribution >= 0.6 is 0 Å². The maximum Gasteiger partial charge on any atom is 0.352 e. The maximum absolute atomic E-state index is 12.4. The first-order valence-corrected chi connectivity index (χ1v) is 12.2. The van der Waals surface area contributed by atoms with Crippen molar-refractivity contribution in [2.45, 2.75) is 32.2 Å². The lowest BCUT2D eigenvalue weighted by atomic mass is 10.0. The molecule has 5 aromatic rings. The molecule has 1 N–H and O–H groups in total. The third-order valence-electron chi connectivity index (χ3n) is 6.55. The summed E-state index contributed by atoms with van der Waals surface area (Å²) in [5, 5.41) is 13.4. The number of hydrogen-bond donors (Lipinski definition) is 1. The number of carbonyl (C=O) groups is 1. The zero-order chi connectivity index (χ0) is 24.0. The number of para-hydroxylation sites is 1. The van der Waals surface area contributed by atoms with Crippen LogP contribution in [0.1, 0.15) is 34.5 Å². The largest absolute Gasteiger partial charge is 0.493 e. The van der Waals surface area contributed by atoms with Crippen LogP contribution in [0.4, 0.5) is 0 Å². The number of nitrogens with zero attached hydrogens (tertiary/aromatic N) is 1. The van der Waals surface area contributed by atoms with E-state index >= 15 is 0 Å². The monoisotopic (exact) mass is 463 g/mol. The second kappa shape index (κ2) is 10.5. The van der Waals surface area contributed by atoms with Gasteiger partial charge in [-0.3, -0.25) is 0 Å². The molecular formula is C31H29NO3. The van der Waals surface area contributed by atoms with Crippen molar-refractivity contribution in [1.82, 2.24) is 4.57 Å². The van der Waals surface area contributed by atoms with E-state index in [2.05, 4.69) is 30.3 Å². The van der Waals surface area contributed by atoms with Gasteiger partial charge in [0.25, 0.3) is 0 Å². The fourth-order valence-corrected chi connectivity index (χ4v) is 4.95. The third-order valence-corrected chi connectivity index (χ3v) is 6.55. The van der Waals surface area contributed by atoms with Crippen molar-refractivity contribution in [1.29, 1.82) is 0 Å². The third kappa shape index (κ3) is 4.92. The van der Waals surface area contributed by atoms with Crippen molar-refractivity contribution in [3.63, 3.8) is 0 Å². The van der Waals surface area contributed by atoms with Crippen molar-refractivity contribution >= 4 is 27.6 Å². The Morgan fingerprint density at radius 2 is 1.46 bits per heavy atom. The van der Waals surface area contributed by atoms with Crippen LogP contribution in [0.3, 0.4) is 0 Å². The van der Waals surface area contributed by atoms with E-state index in [1.54, 1.807) is 0 Å². The summed E-state index contributed by atoms with van der Waals surface area (Å²) in [7, 11) is 0. The molecule has 0 amide bonds. The van der Waals surface area contributed by atoms with E-state index in [4.69, 9.17) is 4.74 Å². The number of aryl methyl sites for hydroxylation is 3. The lowest BCUT2D eigenvalue weighted by Gasteiger charge is -2.12. The number of carboxylic acids is 1. The van der Waals surface area contributed by atoms with Gasteiger partial charge < -0.3 is 14.4 Å². The number of fused-ring (bicyclic) bond motifs is 2. The molecule has 0 aliphatic heterocycles. The first-order chi connectivity index (χ1) is 17.2. The zero-order valence-corrected chi connectivity index (χ0v) is 19.7. The smallest absolute Gasteiger partial charge is 0.352 e. The van der Waals surface area contributed by atoms with Crippen LogP contribution in [0.5, 0.6) is 5.75 Å². The highest BCUT2D eigenvalue weighted by Crippen LogP contribution is 2.29. The van der Waals surface area contributed by atoms with Crippen molar-refractivity contribution in [3.05, 3.63) is 114 Å². The predicted octanol–water partition coefficient (Wildman–Crippen LogP) is 7.14. The molecule has 1 heterocycles. The van der Waals surface area contributed by atoms with Gasteiger partial charge in [0.1, 0.15) is 11.4 Å². The van der Waals surface area contributed by atoms with Crippen LogP contribution in [0, 0.1) is 0 Å². The minimum atomic E-state index is -0.870. The summed E-state index contributed by atoms with van der Waals surface area (Å²) in [6.07, 6.45) is 3.28. The Labute approximate surface area is 205 Å². The lowest BCUT2D eigenvalue weighted by molar-refractivity contribution is 0.0683. The van der Waals surface area contributed by atoms with Gasteiger partial charge in [0, 0.05) is 22.8 Å². The molecule has 4 aromatic carbocycles. The topological polar surface area (TPSA) is 51.5 Å². The number of aromatic nitrogens is 1. The molecule has 0 aliphatic rings. The van der Waals surface area contributed by atoms with Gasteiger partial charge in [-0.25, -0.2) is 4.79 Å². The quantitative estimate of drug-likeness (QED) is 0.224. The van der Waals surface area contributed by atoms with E-state index in [0.717, 1.165) is 52.3 Å². The van der Waals surface area contributed by atoms with E-state index < -0.39 is 5.97 Å². The summed E-state index contributed by atoms with van der Waals surface area (Å²) in [4.78, 5) is 12.4. The summed E-state index contributed by atoms with van der Waals surface area (Å²) in [6, 6.07) is 32.6. The van der Waals surface area contributed by atoms with Crippen LogP contribution in [0.25, 0.3) is 21.7 Å². The molecule has 35 heavy (non-hydrogen) atoms. The van der Waals surface area contributed by atoms with E-state index in [0.29, 0.717) is 25.3 Å². The molecule has 4 nitrogen and oxygen atoms in total. The van der Waals surface area contributed by atoms with Gasteiger partial charge in [-0.2, -0.15) is 0 Å². The molecular weight excluding hydrogens is 434 g/mol. The SMILES string of the molecule is O=C(O)c1c(CCCc2ccccc2)c2ccccc2n1CCCOc1cccc2ccccc12. The Balaban J connectivity index is 1.33. The molecule has 5 rings (SSSR count). The summed E-state index contributed by atoms with van der Waals surface area (Å²) in [6.45, 7) is 1.11. The fraction of sp³-hybridized carbons (Fsp3) is 0.194. The first kappa shape index (κ1) is 22.7. The van der Waals surface area contributed by atoms with Gasteiger partial charge in [-0.05, 0) is 54.3 Å². The number of carboxylic acid groups (broad SMARTS) is 1. The average Bonchev–Trinajstić information content (AvgIpc) is 3.21. The second-order valence-corrected chi connectivity index (χ2v) is 8.82. The van der Waals surface area contributed by atoms with Gasteiger partial charge >= 0.3 is 5.97 Å².